The third-order valence-electron chi connectivity index (χ3n) is 2.29. The first-order valence-electron chi connectivity index (χ1n) is 5.08. The second-order valence-electron chi connectivity index (χ2n) is 3.65. The zero-order chi connectivity index (χ0) is 11.5. The van der Waals surface area contributed by atoms with E-state index in [1.807, 2.05) is 6.92 Å². The van der Waals surface area contributed by atoms with Gasteiger partial charge < -0.3 is 5.73 Å². The van der Waals surface area contributed by atoms with Crippen LogP contribution in [0.4, 0.5) is 4.39 Å². The van der Waals surface area contributed by atoms with Crippen molar-refractivity contribution in [2.75, 3.05) is 6.54 Å². The Morgan fingerprint density at radius 1 is 1.44 bits per heavy atom. The Morgan fingerprint density at radius 2 is 2.25 bits per heavy atom. The summed E-state index contributed by atoms with van der Waals surface area (Å²) in [4.78, 5) is 0. The van der Waals surface area contributed by atoms with Crippen molar-refractivity contribution in [2.24, 2.45) is 5.73 Å². The maximum absolute atomic E-state index is 13.5. The number of hydrogen-bond donors (Lipinski definition) is 1. The van der Waals surface area contributed by atoms with Gasteiger partial charge in [0.1, 0.15) is 11.5 Å². The average molecular weight is 220 g/mol. The number of nitrogens with two attached hydrogens (primary N) is 1. The van der Waals surface area contributed by atoms with E-state index in [1.165, 1.54) is 10.7 Å². The van der Waals surface area contributed by atoms with Gasteiger partial charge in [-0.25, -0.2) is 9.07 Å². The predicted molar refractivity (Wildman–Crippen MR) is 58.8 cm³/mol. The minimum atomic E-state index is -0.310. The van der Waals surface area contributed by atoms with Gasteiger partial charge >= 0.3 is 0 Å². The Labute approximate surface area is 92.9 Å². The fourth-order valence-electron chi connectivity index (χ4n) is 1.48. The highest BCUT2D eigenvalue weighted by molar-refractivity contribution is 5.36. The van der Waals surface area contributed by atoms with Crippen molar-refractivity contribution in [3.05, 3.63) is 41.5 Å². The Morgan fingerprint density at radius 3 is 3.00 bits per heavy atom. The van der Waals surface area contributed by atoms with Crippen LogP contribution in [0.2, 0.25) is 0 Å². The smallest absolute Gasteiger partial charge is 0.148 e. The lowest BCUT2D eigenvalue weighted by molar-refractivity contribution is 0.606. The molecule has 0 aliphatic rings. The van der Waals surface area contributed by atoms with Crippen molar-refractivity contribution in [2.45, 2.75) is 13.3 Å². The Bertz CT molecular complexity index is 492. The molecule has 16 heavy (non-hydrogen) atoms. The van der Waals surface area contributed by atoms with Crippen LogP contribution in [0.25, 0.3) is 5.69 Å². The summed E-state index contributed by atoms with van der Waals surface area (Å²) in [6.45, 7) is 2.41. The molecule has 4 nitrogen and oxygen atoms in total. The lowest BCUT2D eigenvalue weighted by atomic mass is 10.2. The van der Waals surface area contributed by atoms with Gasteiger partial charge in [-0.2, -0.15) is 0 Å². The monoisotopic (exact) mass is 220 g/mol. The molecule has 1 heterocycles. The van der Waals surface area contributed by atoms with Crippen LogP contribution >= 0.6 is 0 Å². The van der Waals surface area contributed by atoms with Gasteiger partial charge in [0.2, 0.25) is 0 Å². The molecule has 0 radical (unpaired) electrons. The van der Waals surface area contributed by atoms with Crippen molar-refractivity contribution in [1.29, 1.82) is 0 Å². The van der Waals surface area contributed by atoms with Crippen molar-refractivity contribution < 1.29 is 4.39 Å². The standard InChI is InChI=1S/C11H13FN4/c1-8-2-3-10(12)11(6-8)16-7-9(4-5-13)14-15-16/h2-3,6-7H,4-5,13H2,1H3. The van der Waals surface area contributed by atoms with Gasteiger partial charge in [-0.1, -0.05) is 11.3 Å². The second-order valence-corrected chi connectivity index (χ2v) is 3.65. The average Bonchev–Trinajstić information content (AvgIpc) is 2.71. The molecule has 0 saturated heterocycles. The molecule has 2 rings (SSSR count). The van der Waals surface area contributed by atoms with Crippen LogP contribution < -0.4 is 5.73 Å². The summed E-state index contributed by atoms with van der Waals surface area (Å²) in [5, 5.41) is 7.80. The molecule has 5 heteroatoms. The maximum Gasteiger partial charge on any atom is 0.148 e. The van der Waals surface area contributed by atoms with Crippen molar-refractivity contribution in [3.8, 4) is 5.69 Å². The summed E-state index contributed by atoms with van der Waals surface area (Å²) < 4.78 is 15.0. The van der Waals surface area contributed by atoms with Gasteiger partial charge in [0.15, 0.2) is 0 Å². The van der Waals surface area contributed by atoms with Crippen LogP contribution in [0.1, 0.15) is 11.3 Å². The van der Waals surface area contributed by atoms with Crippen LogP contribution in [-0.2, 0) is 6.42 Å². The van der Waals surface area contributed by atoms with Gasteiger partial charge in [0.25, 0.3) is 0 Å². The highest BCUT2D eigenvalue weighted by atomic mass is 19.1. The summed E-state index contributed by atoms with van der Waals surface area (Å²) in [5.41, 5.74) is 7.57. The van der Waals surface area contributed by atoms with Gasteiger partial charge in [-0.15, -0.1) is 5.10 Å². The normalized spacial score (nSPS) is 10.7. The summed E-state index contributed by atoms with van der Waals surface area (Å²) in [7, 11) is 0. The Hall–Kier alpha value is -1.75. The number of hydrogen-bond acceptors (Lipinski definition) is 3. The summed E-state index contributed by atoms with van der Waals surface area (Å²) in [6, 6.07) is 4.88. The molecule has 0 unspecified atom stereocenters. The van der Waals surface area contributed by atoms with Gasteiger partial charge in [0.05, 0.1) is 11.9 Å². The van der Waals surface area contributed by atoms with Gasteiger partial charge in [0, 0.05) is 6.42 Å². The SMILES string of the molecule is Cc1ccc(F)c(-n2cc(CCN)nn2)c1. The minimum Gasteiger partial charge on any atom is -0.330 e. The van der Waals surface area contributed by atoms with Gasteiger partial charge in [-0.3, -0.25) is 0 Å². The van der Waals surface area contributed by atoms with Crippen LogP contribution in [0.3, 0.4) is 0 Å². The summed E-state index contributed by atoms with van der Waals surface area (Å²) in [6.07, 6.45) is 2.35. The molecule has 0 atom stereocenters. The third-order valence-corrected chi connectivity index (χ3v) is 2.29. The second kappa shape index (κ2) is 4.40. The zero-order valence-corrected chi connectivity index (χ0v) is 9.02. The number of rotatable bonds is 3. The van der Waals surface area contributed by atoms with E-state index in [9.17, 15) is 4.39 Å². The first-order chi connectivity index (χ1) is 7.70. The Kier molecular flexibility index (Phi) is 2.96. The maximum atomic E-state index is 13.5. The molecule has 0 aliphatic heterocycles. The molecule has 0 aliphatic carbocycles. The van der Waals surface area contributed by atoms with E-state index >= 15 is 0 Å². The molecule has 2 aromatic rings. The zero-order valence-electron chi connectivity index (χ0n) is 9.02. The molecule has 1 aromatic heterocycles. The molecule has 84 valence electrons. The topological polar surface area (TPSA) is 56.7 Å². The van der Waals surface area contributed by atoms with E-state index < -0.39 is 0 Å². The van der Waals surface area contributed by atoms with Crippen LogP contribution in [0, 0.1) is 12.7 Å². The fourth-order valence-corrected chi connectivity index (χ4v) is 1.48. The van der Waals surface area contributed by atoms with Crippen LogP contribution in [0.15, 0.2) is 24.4 Å². The number of halogens is 1. The number of aryl methyl sites for hydroxylation is 1. The Balaban J connectivity index is 2.38. The molecule has 0 spiro atoms. The molecule has 0 fully saturated rings. The molecule has 1 aromatic carbocycles. The lowest BCUT2D eigenvalue weighted by Crippen LogP contribution is -2.02. The lowest BCUT2D eigenvalue weighted by Gasteiger charge is -2.02. The van der Waals surface area contributed by atoms with Crippen molar-refractivity contribution in [3.63, 3.8) is 0 Å². The first-order valence-corrected chi connectivity index (χ1v) is 5.08. The summed E-state index contributed by atoms with van der Waals surface area (Å²) >= 11 is 0. The number of nitrogens with zero attached hydrogens (tertiary/aromatic N) is 3. The summed E-state index contributed by atoms with van der Waals surface area (Å²) in [5.74, 6) is -0.310. The van der Waals surface area contributed by atoms with Crippen molar-refractivity contribution in [1.82, 2.24) is 15.0 Å². The first kappa shape index (κ1) is 10.8. The largest absolute Gasteiger partial charge is 0.330 e. The van der Waals surface area contributed by atoms with Crippen LogP contribution in [-0.4, -0.2) is 21.5 Å². The number of benzene rings is 1. The highest BCUT2D eigenvalue weighted by Gasteiger charge is 2.07. The van der Waals surface area contributed by atoms with E-state index in [0.29, 0.717) is 18.7 Å². The van der Waals surface area contributed by atoms with Crippen LogP contribution in [0.5, 0.6) is 0 Å². The molecule has 0 saturated carbocycles. The number of aromatic nitrogens is 3. The van der Waals surface area contributed by atoms with Gasteiger partial charge in [-0.05, 0) is 31.2 Å². The van der Waals surface area contributed by atoms with E-state index in [4.69, 9.17) is 5.73 Å². The van der Waals surface area contributed by atoms with E-state index in [0.717, 1.165) is 11.3 Å². The van der Waals surface area contributed by atoms with E-state index in [1.54, 1.807) is 18.3 Å². The highest BCUT2D eigenvalue weighted by Crippen LogP contribution is 2.14. The predicted octanol–water partition coefficient (Wildman–Crippen LogP) is 1.22. The quantitative estimate of drug-likeness (QED) is 0.846. The minimum absolute atomic E-state index is 0.310. The van der Waals surface area contributed by atoms with E-state index in [-0.39, 0.29) is 5.82 Å². The third kappa shape index (κ3) is 2.09. The molecular formula is C11H13FN4. The molecule has 0 bridgehead atoms. The molecular weight excluding hydrogens is 207 g/mol. The molecule has 2 N–H and O–H groups in total. The molecule has 0 amide bonds. The van der Waals surface area contributed by atoms with Crippen molar-refractivity contribution >= 4 is 0 Å². The van der Waals surface area contributed by atoms with E-state index in [2.05, 4.69) is 10.3 Å². The fraction of sp³-hybridized carbons (Fsp3) is 0.273.